The number of non-ortho nitro benzene ring substituents is 1. The molecule has 1 aliphatic heterocycles. The molecule has 1 saturated carbocycles. The van der Waals surface area contributed by atoms with Gasteiger partial charge in [0, 0.05) is 12.1 Å². The number of allylic oxidation sites excluding steroid dienone is 2. The number of imide groups is 1. The Morgan fingerprint density at radius 2 is 1.50 bits per heavy atom. The van der Waals surface area contributed by atoms with Crippen molar-refractivity contribution in [1.82, 2.24) is 0 Å². The lowest BCUT2D eigenvalue weighted by atomic mass is 9.85. The minimum Gasteiger partial charge on any atom is -0.423 e. The third kappa shape index (κ3) is 2.72. The first-order chi connectivity index (χ1) is 14.4. The van der Waals surface area contributed by atoms with Gasteiger partial charge in [-0.3, -0.25) is 24.6 Å². The van der Waals surface area contributed by atoms with E-state index >= 15 is 0 Å². The highest BCUT2D eigenvalue weighted by molar-refractivity contribution is 6.22. The van der Waals surface area contributed by atoms with Crippen LogP contribution in [0.4, 0.5) is 11.4 Å². The van der Waals surface area contributed by atoms with Crippen molar-refractivity contribution in [2.75, 3.05) is 4.90 Å². The first-order valence-electron chi connectivity index (χ1n) is 9.57. The molecule has 2 aliphatic carbocycles. The first kappa shape index (κ1) is 18.2. The maximum Gasteiger partial charge on any atom is 0.343 e. The van der Waals surface area contributed by atoms with Crippen molar-refractivity contribution in [3.63, 3.8) is 0 Å². The lowest BCUT2D eigenvalue weighted by Gasteiger charge is -2.17. The van der Waals surface area contributed by atoms with E-state index in [9.17, 15) is 24.5 Å². The molecule has 0 N–H and O–H groups in total. The fourth-order valence-electron chi connectivity index (χ4n) is 4.71. The van der Waals surface area contributed by atoms with E-state index < -0.39 is 10.9 Å². The molecule has 5 rings (SSSR count). The second kappa shape index (κ2) is 6.62. The molecule has 1 heterocycles. The molecule has 3 aliphatic rings. The lowest BCUT2D eigenvalue weighted by molar-refractivity contribution is -0.384. The van der Waals surface area contributed by atoms with Crippen LogP contribution in [-0.2, 0) is 9.59 Å². The maximum absolute atomic E-state index is 12.9. The number of nitrogens with zero attached hydrogens (tertiary/aromatic N) is 2. The molecule has 4 atom stereocenters. The van der Waals surface area contributed by atoms with Crippen LogP contribution in [0.2, 0.25) is 0 Å². The van der Waals surface area contributed by atoms with Crippen LogP contribution in [0.25, 0.3) is 0 Å². The SMILES string of the molecule is O=C(Oc1ccc([N+](=O)[O-])cc1)c1ccc(N2C(=O)[C@@H]3[C@H](C2=O)[C@@H]2C=C[C@@H]3C2)cc1. The van der Waals surface area contributed by atoms with Crippen LogP contribution in [0.5, 0.6) is 5.75 Å². The fourth-order valence-corrected chi connectivity index (χ4v) is 4.71. The summed E-state index contributed by atoms with van der Waals surface area (Å²) in [4.78, 5) is 49.4. The van der Waals surface area contributed by atoms with E-state index in [0.717, 1.165) is 6.42 Å². The van der Waals surface area contributed by atoms with Crippen LogP contribution in [0.1, 0.15) is 16.8 Å². The van der Waals surface area contributed by atoms with E-state index in [1.807, 2.05) is 12.2 Å². The number of rotatable bonds is 4. The number of carbonyl (C=O) groups excluding carboxylic acids is 3. The zero-order valence-electron chi connectivity index (χ0n) is 15.6. The van der Waals surface area contributed by atoms with Crippen LogP contribution in [0.3, 0.4) is 0 Å². The number of amides is 2. The smallest absolute Gasteiger partial charge is 0.343 e. The maximum atomic E-state index is 12.9. The van der Waals surface area contributed by atoms with Crippen molar-refractivity contribution >= 4 is 29.2 Å². The lowest BCUT2D eigenvalue weighted by Crippen LogP contribution is -2.32. The van der Waals surface area contributed by atoms with Crippen molar-refractivity contribution in [2.45, 2.75) is 6.42 Å². The van der Waals surface area contributed by atoms with E-state index in [-0.39, 0.29) is 52.5 Å². The highest BCUT2D eigenvalue weighted by Crippen LogP contribution is 2.53. The van der Waals surface area contributed by atoms with Crippen molar-refractivity contribution < 1.29 is 24.0 Å². The molecular formula is C22H16N2O6. The van der Waals surface area contributed by atoms with Crippen LogP contribution >= 0.6 is 0 Å². The summed E-state index contributed by atoms with van der Waals surface area (Å²) in [5.74, 6) is -1.11. The van der Waals surface area contributed by atoms with Crippen molar-refractivity contribution in [2.24, 2.45) is 23.7 Å². The summed E-state index contributed by atoms with van der Waals surface area (Å²) in [6, 6.07) is 11.3. The minimum atomic E-state index is -0.645. The summed E-state index contributed by atoms with van der Waals surface area (Å²) in [5, 5.41) is 10.7. The van der Waals surface area contributed by atoms with Gasteiger partial charge in [-0.1, -0.05) is 12.2 Å². The summed E-state index contributed by atoms with van der Waals surface area (Å²) in [6.07, 6.45) is 4.95. The Labute approximate surface area is 170 Å². The number of hydrogen-bond acceptors (Lipinski definition) is 6. The van der Waals surface area contributed by atoms with Crippen LogP contribution in [-0.4, -0.2) is 22.7 Å². The van der Waals surface area contributed by atoms with E-state index in [1.165, 1.54) is 41.3 Å². The molecule has 2 amide bonds. The average Bonchev–Trinajstić information content (AvgIpc) is 3.42. The molecule has 0 spiro atoms. The minimum absolute atomic E-state index is 0.104. The van der Waals surface area contributed by atoms with E-state index in [1.54, 1.807) is 12.1 Å². The molecule has 8 nitrogen and oxygen atoms in total. The number of benzene rings is 2. The Hall–Kier alpha value is -3.81. The molecule has 8 heteroatoms. The largest absolute Gasteiger partial charge is 0.423 e. The molecule has 0 radical (unpaired) electrons. The number of nitro benzene ring substituents is 1. The highest BCUT2D eigenvalue weighted by Gasteiger charge is 2.59. The van der Waals surface area contributed by atoms with E-state index in [4.69, 9.17) is 4.74 Å². The third-order valence-corrected chi connectivity index (χ3v) is 6.09. The van der Waals surface area contributed by atoms with Gasteiger partial charge in [-0.15, -0.1) is 0 Å². The summed E-state index contributed by atoms with van der Waals surface area (Å²) in [7, 11) is 0. The summed E-state index contributed by atoms with van der Waals surface area (Å²) in [5.41, 5.74) is 0.566. The van der Waals surface area contributed by atoms with Crippen molar-refractivity contribution in [3.05, 3.63) is 76.4 Å². The standard InChI is InChI=1S/C22H16N2O6/c25-20-18-13-1-2-14(11-13)19(18)21(26)23(20)15-5-3-12(4-6-15)22(27)30-17-9-7-16(8-10-17)24(28)29/h1-10,13-14,18-19H,11H2/t13-,14-,18-,19+/m1/s1. The number of ether oxygens (including phenoxy) is 1. The zero-order chi connectivity index (χ0) is 21.0. The molecule has 150 valence electrons. The van der Waals surface area contributed by atoms with E-state index in [0.29, 0.717) is 5.69 Å². The third-order valence-electron chi connectivity index (χ3n) is 6.09. The van der Waals surface area contributed by atoms with Crippen molar-refractivity contribution in [1.29, 1.82) is 0 Å². The topological polar surface area (TPSA) is 107 Å². The highest BCUT2D eigenvalue weighted by atomic mass is 16.6. The average molecular weight is 404 g/mol. The van der Waals surface area contributed by atoms with Gasteiger partial charge < -0.3 is 4.74 Å². The molecule has 2 fully saturated rings. The predicted octanol–water partition coefficient (Wildman–Crippen LogP) is 3.13. The molecule has 0 aromatic heterocycles. The summed E-state index contributed by atoms with van der Waals surface area (Å²) >= 11 is 0. The fraction of sp³-hybridized carbons (Fsp3) is 0.227. The van der Waals surface area contributed by atoms with Gasteiger partial charge in [-0.05, 0) is 54.7 Å². The van der Waals surface area contributed by atoms with Gasteiger partial charge in [0.2, 0.25) is 11.8 Å². The Kier molecular flexibility index (Phi) is 4.02. The Morgan fingerprint density at radius 1 is 0.933 bits per heavy atom. The van der Waals surface area contributed by atoms with Gasteiger partial charge in [-0.25, -0.2) is 4.79 Å². The molecule has 2 bridgehead atoms. The molecule has 2 aromatic carbocycles. The van der Waals surface area contributed by atoms with E-state index in [2.05, 4.69) is 0 Å². The number of fused-ring (bicyclic) bond motifs is 5. The molecular weight excluding hydrogens is 388 g/mol. The predicted molar refractivity (Wildman–Crippen MR) is 105 cm³/mol. The molecule has 30 heavy (non-hydrogen) atoms. The quantitative estimate of drug-likeness (QED) is 0.194. The van der Waals surface area contributed by atoms with Gasteiger partial charge in [-0.2, -0.15) is 0 Å². The normalized spacial score (nSPS) is 26.2. The first-order valence-corrected chi connectivity index (χ1v) is 9.57. The summed E-state index contributed by atoms with van der Waals surface area (Å²) in [6.45, 7) is 0. The Morgan fingerprint density at radius 3 is 2.03 bits per heavy atom. The number of esters is 1. The number of anilines is 1. The molecule has 2 aromatic rings. The van der Waals surface area contributed by atoms with Crippen molar-refractivity contribution in [3.8, 4) is 5.75 Å². The number of nitro groups is 1. The molecule has 0 unspecified atom stereocenters. The summed E-state index contributed by atoms with van der Waals surface area (Å²) < 4.78 is 5.22. The second-order valence-corrected chi connectivity index (χ2v) is 7.70. The van der Waals surface area contributed by atoms with Crippen LogP contribution in [0, 0.1) is 33.8 Å². The van der Waals surface area contributed by atoms with Gasteiger partial charge in [0.1, 0.15) is 5.75 Å². The zero-order valence-corrected chi connectivity index (χ0v) is 15.6. The van der Waals surface area contributed by atoms with Crippen LogP contribution in [0.15, 0.2) is 60.7 Å². The monoisotopic (exact) mass is 404 g/mol. The number of carbonyl (C=O) groups is 3. The molecule has 1 saturated heterocycles. The Bertz CT molecular complexity index is 1080. The van der Waals surface area contributed by atoms with Gasteiger partial charge >= 0.3 is 5.97 Å². The van der Waals surface area contributed by atoms with Gasteiger partial charge in [0.25, 0.3) is 5.69 Å². The van der Waals surface area contributed by atoms with Gasteiger partial charge in [0.15, 0.2) is 0 Å². The van der Waals surface area contributed by atoms with Gasteiger partial charge in [0.05, 0.1) is 28.0 Å². The number of hydrogen-bond donors (Lipinski definition) is 0. The van der Waals surface area contributed by atoms with Crippen LogP contribution < -0.4 is 9.64 Å². The Balaban J connectivity index is 1.31. The second-order valence-electron chi connectivity index (χ2n) is 7.70.